The number of hydrogen-bond donors (Lipinski definition) is 2. The summed E-state index contributed by atoms with van der Waals surface area (Å²) in [6.45, 7) is 1.72. The topological polar surface area (TPSA) is 124 Å². The summed E-state index contributed by atoms with van der Waals surface area (Å²) in [5, 5.41) is 32.3. The molecule has 3 aromatic carbocycles. The Balaban J connectivity index is 1.46. The Morgan fingerprint density at radius 2 is 1.79 bits per heavy atom. The Morgan fingerprint density at radius 1 is 1.05 bits per heavy atom. The van der Waals surface area contributed by atoms with E-state index in [-0.39, 0.29) is 30.3 Å². The maximum Gasteiger partial charge on any atom is 0.269 e. The molecule has 0 unspecified atom stereocenters. The third kappa shape index (κ3) is 4.60. The molecule has 0 aromatic heterocycles. The predicted molar refractivity (Wildman–Crippen MR) is 147 cm³/mol. The van der Waals surface area contributed by atoms with E-state index in [2.05, 4.69) is 0 Å². The Hall–Kier alpha value is -4.34. The summed E-state index contributed by atoms with van der Waals surface area (Å²) in [5.41, 5.74) is 1.81. The van der Waals surface area contributed by atoms with E-state index in [4.69, 9.17) is 5.11 Å². The van der Waals surface area contributed by atoms with E-state index < -0.39 is 22.3 Å². The van der Waals surface area contributed by atoms with Crippen LogP contribution in [0.3, 0.4) is 0 Å². The van der Waals surface area contributed by atoms with Crippen LogP contribution in [0.4, 0.5) is 22.7 Å². The average Bonchev–Trinajstić information content (AvgIpc) is 3.15. The smallest absolute Gasteiger partial charge is 0.269 e. The molecule has 2 aliphatic heterocycles. The number of rotatable bonds is 8. The fourth-order valence-electron chi connectivity index (χ4n) is 5.36. The molecule has 39 heavy (non-hydrogen) atoms. The van der Waals surface area contributed by atoms with Crippen LogP contribution in [0, 0.1) is 16.0 Å². The summed E-state index contributed by atoms with van der Waals surface area (Å²) < 4.78 is 0. The quantitative estimate of drug-likeness (QED) is 0.252. The van der Waals surface area contributed by atoms with Crippen LogP contribution in [-0.2, 0) is 28.2 Å². The van der Waals surface area contributed by atoms with E-state index in [0.29, 0.717) is 24.9 Å². The molecule has 0 spiro atoms. The van der Waals surface area contributed by atoms with Gasteiger partial charge in [0.05, 0.1) is 22.8 Å². The van der Waals surface area contributed by atoms with Gasteiger partial charge in [0.1, 0.15) is 0 Å². The lowest BCUT2D eigenvalue weighted by Gasteiger charge is -2.30. The first-order valence-electron chi connectivity index (χ1n) is 12.9. The number of fused-ring (bicyclic) bond motifs is 2. The Bertz CT molecular complexity index is 1470. The number of para-hydroxylation sites is 1. The van der Waals surface area contributed by atoms with Crippen molar-refractivity contribution in [3.05, 3.63) is 106 Å². The van der Waals surface area contributed by atoms with Gasteiger partial charge in [-0.2, -0.15) is 0 Å². The third-order valence-electron chi connectivity index (χ3n) is 7.47. The van der Waals surface area contributed by atoms with Gasteiger partial charge < -0.3 is 15.1 Å². The van der Waals surface area contributed by atoms with Crippen molar-refractivity contribution in [3.63, 3.8) is 0 Å². The highest BCUT2D eigenvalue weighted by molar-refractivity contribution is 6.07. The minimum atomic E-state index is -2.00. The van der Waals surface area contributed by atoms with Gasteiger partial charge in [-0.25, -0.2) is 0 Å². The van der Waals surface area contributed by atoms with Crippen molar-refractivity contribution in [2.24, 2.45) is 5.92 Å². The zero-order chi connectivity index (χ0) is 27.7. The molecule has 3 aromatic rings. The SMILES string of the molecule is C[C@@H](/C=C/CCO)[C@]1(O)C(=O)N(Cc2ccc(N3C(=O)CCc4ccccc43)cc2)c2ccc([N+](=O)[O-])cc21. The number of amides is 2. The summed E-state index contributed by atoms with van der Waals surface area (Å²) >= 11 is 0. The number of anilines is 3. The number of hydrogen-bond acceptors (Lipinski definition) is 6. The van der Waals surface area contributed by atoms with Crippen LogP contribution in [0.2, 0.25) is 0 Å². The fourth-order valence-corrected chi connectivity index (χ4v) is 5.36. The van der Waals surface area contributed by atoms with Crippen molar-refractivity contribution in [2.45, 2.75) is 38.3 Å². The largest absolute Gasteiger partial charge is 0.396 e. The summed E-state index contributed by atoms with van der Waals surface area (Å²) in [6.07, 6.45) is 4.80. The van der Waals surface area contributed by atoms with E-state index in [1.165, 1.54) is 23.1 Å². The predicted octanol–water partition coefficient (Wildman–Crippen LogP) is 4.51. The Labute approximate surface area is 225 Å². The van der Waals surface area contributed by atoms with Gasteiger partial charge in [0, 0.05) is 42.3 Å². The van der Waals surface area contributed by atoms with Gasteiger partial charge >= 0.3 is 0 Å². The second kappa shape index (κ2) is 10.4. The molecule has 0 radical (unpaired) electrons. The van der Waals surface area contributed by atoms with Gasteiger partial charge in [-0.1, -0.05) is 49.4 Å². The van der Waals surface area contributed by atoms with Crippen LogP contribution in [0.25, 0.3) is 0 Å². The van der Waals surface area contributed by atoms with E-state index in [0.717, 1.165) is 22.5 Å². The number of non-ortho nitro benzene ring substituents is 1. The number of aliphatic hydroxyl groups is 2. The van der Waals surface area contributed by atoms with Crippen LogP contribution in [0.15, 0.2) is 78.9 Å². The molecular formula is C30H29N3O6. The fraction of sp³-hybridized carbons (Fsp3) is 0.267. The summed E-state index contributed by atoms with van der Waals surface area (Å²) in [6, 6.07) is 19.2. The van der Waals surface area contributed by atoms with E-state index >= 15 is 0 Å². The molecule has 2 atom stereocenters. The molecule has 2 amide bonds. The van der Waals surface area contributed by atoms with Gasteiger partial charge in [-0.15, -0.1) is 0 Å². The number of carbonyl (C=O) groups is 2. The van der Waals surface area contributed by atoms with Gasteiger partial charge in [0.2, 0.25) is 5.91 Å². The summed E-state index contributed by atoms with van der Waals surface area (Å²) in [7, 11) is 0. The first-order chi connectivity index (χ1) is 18.8. The van der Waals surface area contributed by atoms with Gasteiger partial charge in [0.15, 0.2) is 5.60 Å². The Kier molecular flexibility index (Phi) is 7.03. The van der Waals surface area contributed by atoms with E-state index in [1.807, 2.05) is 48.5 Å². The minimum Gasteiger partial charge on any atom is -0.396 e. The number of aliphatic hydroxyl groups excluding tert-OH is 1. The number of nitro benzene ring substituents is 1. The molecule has 0 fully saturated rings. The highest BCUT2D eigenvalue weighted by Gasteiger charge is 2.53. The molecular weight excluding hydrogens is 498 g/mol. The zero-order valence-corrected chi connectivity index (χ0v) is 21.5. The lowest BCUT2D eigenvalue weighted by atomic mass is 9.82. The normalized spacial score (nSPS) is 19.4. The van der Waals surface area contributed by atoms with Crippen molar-refractivity contribution in [2.75, 3.05) is 16.4 Å². The monoisotopic (exact) mass is 527 g/mol. The van der Waals surface area contributed by atoms with Crippen LogP contribution in [-0.4, -0.2) is 33.6 Å². The summed E-state index contributed by atoms with van der Waals surface area (Å²) in [5.74, 6) is -1.27. The zero-order valence-electron chi connectivity index (χ0n) is 21.5. The first kappa shape index (κ1) is 26.3. The number of carbonyl (C=O) groups excluding carboxylic acids is 2. The lowest BCUT2D eigenvalue weighted by Crippen LogP contribution is -2.44. The standard InChI is InChI=1S/C30H29N3O6/c1-20(6-4-5-17-34)30(37)25-18-24(33(38)39)14-15-27(25)31(29(30)36)19-21-9-12-23(13-10-21)32-26-8-3-2-7-22(26)11-16-28(32)35/h2-4,6-10,12-15,18,20,34,37H,5,11,16-17,19H2,1H3/b6-4+/t20-,30+/m0/s1. The van der Waals surface area contributed by atoms with Crippen molar-refractivity contribution in [3.8, 4) is 0 Å². The molecule has 0 saturated carbocycles. The number of benzene rings is 3. The maximum atomic E-state index is 13.7. The second-order valence-electron chi connectivity index (χ2n) is 9.87. The number of nitrogens with zero attached hydrogens (tertiary/aromatic N) is 3. The molecule has 9 nitrogen and oxygen atoms in total. The lowest BCUT2D eigenvalue weighted by molar-refractivity contribution is -0.385. The van der Waals surface area contributed by atoms with Crippen LogP contribution in [0.1, 0.15) is 36.5 Å². The molecule has 2 aliphatic rings. The van der Waals surface area contributed by atoms with Crippen LogP contribution in [0.5, 0.6) is 0 Å². The molecule has 0 bridgehead atoms. The molecule has 5 rings (SSSR count). The Morgan fingerprint density at radius 3 is 2.51 bits per heavy atom. The van der Waals surface area contributed by atoms with Crippen LogP contribution < -0.4 is 9.80 Å². The third-order valence-corrected chi connectivity index (χ3v) is 7.47. The van der Waals surface area contributed by atoms with E-state index in [9.17, 15) is 24.8 Å². The van der Waals surface area contributed by atoms with Crippen LogP contribution >= 0.6 is 0 Å². The highest BCUT2D eigenvalue weighted by atomic mass is 16.6. The number of nitro groups is 1. The first-order valence-corrected chi connectivity index (χ1v) is 12.9. The summed E-state index contributed by atoms with van der Waals surface area (Å²) in [4.78, 5) is 40.5. The molecule has 200 valence electrons. The molecule has 2 N–H and O–H groups in total. The average molecular weight is 528 g/mol. The maximum absolute atomic E-state index is 13.7. The van der Waals surface area contributed by atoms with Crippen molar-refractivity contribution < 1.29 is 24.7 Å². The molecule has 0 saturated heterocycles. The van der Waals surface area contributed by atoms with Crippen molar-refractivity contribution in [1.82, 2.24) is 0 Å². The van der Waals surface area contributed by atoms with Gasteiger partial charge in [0.25, 0.3) is 11.6 Å². The number of aryl methyl sites for hydroxylation is 1. The second-order valence-corrected chi connectivity index (χ2v) is 9.87. The molecule has 2 heterocycles. The molecule has 0 aliphatic carbocycles. The minimum absolute atomic E-state index is 0.0139. The highest BCUT2D eigenvalue weighted by Crippen LogP contribution is 2.47. The van der Waals surface area contributed by atoms with Gasteiger partial charge in [-0.05, 0) is 48.2 Å². The molecule has 9 heteroatoms. The van der Waals surface area contributed by atoms with Crippen molar-refractivity contribution >= 4 is 34.6 Å². The van der Waals surface area contributed by atoms with Crippen molar-refractivity contribution in [1.29, 1.82) is 0 Å². The van der Waals surface area contributed by atoms with Gasteiger partial charge in [-0.3, -0.25) is 24.6 Å². The van der Waals surface area contributed by atoms with E-state index in [1.54, 1.807) is 24.0 Å².